The molecule has 1 aliphatic rings. The van der Waals surface area contributed by atoms with Gasteiger partial charge in [-0.1, -0.05) is 12.1 Å². The molecule has 0 aromatic heterocycles. The quantitative estimate of drug-likeness (QED) is 0.627. The maximum atomic E-state index is 11.8. The molecule has 1 aromatic carbocycles. The summed E-state index contributed by atoms with van der Waals surface area (Å²) in [4.78, 5) is 25.4. The molecule has 0 saturated carbocycles. The van der Waals surface area contributed by atoms with E-state index >= 15 is 0 Å². The molecule has 2 rings (SSSR count). The Morgan fingerprint density at radius 3 is 2.48 bits per heavy atom. The molecular formula is C18H28N4O3. The average molecular weight is 348 g/mol. The summed E-state index contributed by atoms with van der Waals surface area (Å²) in [7, 11) is 1.51. The molecule has 1 saturated heterocycles. The van der Waals surface area contributed by atoms with E-state index in [-0.39, 0.29) is 24.3 Å². The first-order chi connectivity index (χ1) is 12.0. The fourth-order valence-corrected chi connectivity index (χ4v) is 2.97. The van der Waals surface area contributed by atoms with Crippen molar-refractivity contribution in [3.8, 4) is 0 Å². The number of carbonyl (C=O) groups is 2. The molecular weight excluding hydrogens is 320 g/mol. The summed E-state index contributed by atoms with van der Waals surface area (Å²) in [5.41, 5.74) is 13.0. The van der Waals surface area contributed by atoms with Crippen molar-refractivity contribution >= 4 is 17.5 Å². The van der Waals surface area contributed by atoms with Gasteiger partial charge in [-0.2, -0.15) is 0 Å². The highest BCUT2D eigenvalue weighted by atomic mass is 16.5. The van der Waals surface area contributed by atoms with E-state index in [2.05, 4.69) is 10.2 Å². The first-order valence-electron chi connectivity index (χ1n) is 8.65. The number of likely N-dealkylation sites (tertiary alicyclic amines) is 1. The summed E-state index contributed by atoms with van der Waals surface area (Å²) < 4.78 is 4.87. The second kappa shape index (κ2) is 9.50. The number of amides is 2. The first kappa shape index (κ1) is 19.4. The topological polar surface area (TPSA) is 111 Å². The van der Waals surface area contributed by atoms with Crippen molar-refractivity contribution in [2.45, 2.75) is 25.3 Å². The second-order valence-electron chi connectivity index (χ2n) is 6.52. The number of rotatable bonds is 8. The fourth-order valence-electron chi connectivity index (χ4n) is 2.97. The van der Waals surface area contributed by atoms with Crippen molar-refractivity contribution in [3.63, 3.8) is 0 Å². The normalized spacial score (nSPS) is 17.2. The Labute approximate surface area is 148 Å². The summed E-state index contributed by atoms with van der Waals surface area (Å²) in [6.45, 7) is 2.98. The summed E-state index contributed by atoms with van der Waals surface area (Å²) >= 11 is 0. The van der Waals surface area contributed by atoms with Crippen LogP contribution in [-0.4, -0.2) is 56.1 Å². The van der Waals surface area contributed by atoms with Gasteiger partial charge in [-0.3, -0.25) is 9.59 Å². The van der Waals surface area contributed by atoms with Gasteiger partial charge in [-0.25, -0.2) is 0 Å². The summed E-state index contributed by atoms with van der Waals surface area (Å²) in [6, 6.07) is 7.10. The van der Waals surface area contributed by atoms with Gasteiger partial charge >= 0.3 is 0 Å². The third-order valence-electron chi connectivity index (χ3n) is 4.61. The molecule has 138 valence electrons. The van der Waals surface area contributed by atoms with E-state index in [1.165, 1.54) is 12.7 Å². The van der Waals surface area contributed by atoms with E-state index in [0.717, 1.165) is 44.6 Å². The molecule has 1 atom stereocenters. The second-order valence-corrected chi connectivity index (χ2v) is 6.52. The minimum absolute atomic E-state index is 0.0311. The summed E-state index contributed by atoms with van der Waals surface area (Å²) in [5.74, 6) is -0.405. The Morgan fingerprint density at radius 1 is 1.28 bits per heavy atom. The highest BCUT2D eigenvalue weighted by molar-refractivity contribution is 5.94. The third kappa shape index (κ3) is 6.12. The molecule has 1 aliphatic heterocycles. The van der Waals surface area contributed by atoms with Gasteiger partial charge in [0.1, 0.15) is 6.04 Å². The van der Waals surface area contributed by atoms with Crippen LogP contribution in [0.15, 0.2) is 24.3 Å². The van der Waals surface area contributed by atoms with Crippen LogP contribution in [0.25, 0.3) is 0 Å². The number of benzene rings is 1. The minimum Gasteiger partial charge on any atom is -0.383 e. The summed E-state index contributed by atoms with van der Waals surface area (Å²) in [6.07, 6.45) is 2.63. The Bertz CT molecular complexity index is 568. The maximum Gasteiger partial charge on any atom is 0.243 e. The van der Waals surface area contributed by atoms with Crippen molar-refractivity contribution in [1.29, 1.82) is 0 Å². The van der Waals surface area contributed by atoms with Crippen molar-refractivity contribution < 1.29 is 14.3 Å². The van der Waals surface area contributed by atoms with Gasteiger partial charge in [0.15, 0.2) is 0 Å². The molecule has 25 heavy (non-hydrogen) atoms. The molecule has 1 aromatic rings. The number of primary amides is 1. The number of anilines is 1. The largest absolute Gasteiger partial charge is 0.383 e. The number of hydrogen-bond acceptors (Lipinski definition) is 5. The molecule has 1 heterocycles. The average Bonchev–Trinajstić information content (AvgIpc) is 2.61. The lowest BCUT2D eigenvalue weighted by Gasteiger charge is -2.30. The number of nitrogens with zero attached hydrogens (tertiary/aromatic N) is 1. The maximum absolute atomic E-state index is 11.8. The van der Waals surface area contributed by atoms with Crippen LogP contribution < -0.4 is 16.8 Å². The lowest BCUT2D eigenvalue weighted by Crippen LogP contribution is -2.39. The zero-order valence-electron chi connectivity index (χ0n) is 14.7. The number of methoxy groups -OCH3 is 1. The fraction of sp³-hybridized carbons (Fsp3) is 0.556. The lowest BCUT2D eigenvalue weighted by atomic mass is 9.96. The van der Waals surface area contributed by atoms with Crippen molar-refractivity contribution in [3.05, 3.63) is 29.8 Å². The van der Waals surface area contributed by atoms with E-state index < -0.39 is 6.04 Å². The molecule has 1 unspecified atom stereocenters. The van der Waals surface area contributed by atoms with Crippen LogP contribution in [0.2, 0.25) is 0 Å². The van der Waals surface area contributed by atoms with Crippen LogP contribution >= 0.6 is 0 Å². The molecule has 7 heteroatoms. The van der Waals surface area contributed by atoms with Gasteiger partial charge in [-0.15, -0.1) is 0 Å². The number of carbonyl (C=O) groups excluding carboxylic acids is 2. The summed E-state index contributed by atoms with van der Waals surface area (Å²) in [5, 5.41) is 2.78. The van der Waals surface area contributed by atoms with Gasteiger partial charge in [0, 0.05) is 25.3 Å². The Kier molecular flexibility index (Phi) is 7.36. The van der Waals surface area contributed by atoms with E-state index in [1.54, 1.807) is 0 Å². The van der Waals surface area contributed by atoms with Crippen LogP contribution in [0.3, 0.4) is 0 Å². The van der Waals surface area contributed by atoms with Crippen LogP contribution in [0, 0.1) is 5.92 Å². The molecule has 0 aliphatic carbocycles. The lowest BCUT2D eigenvalue weighted by molar-refractivity contribution is -0.123. The van der Waals surface area contributed by atoms with E-state index in [0.29, 0.717) is 0 Å². The van der Waals surface area contributed by atoms with Gasteiger partial charge in [-0.05, 0) is 50.0 Å². The Hall–Kier alpha value is -1.96. The van der Waals surface area contributed by atoms with Crippen LogP contribution in [0.1, 0.15) is 18.4 Å². The molecule has 7 nitrogen and oxygen atoms in total. The standard InChI is InChI=1S/C18H28N4O3/c1-25-12-16(19)18(24)21-15-4-2-13(3-5-15)6-9-22-10-7-14(8-11-22)17(20)23/h2-5,14,16H,6-12,19H2,1H3,(H2,20,23)(H,21,24). The highest BCUT2D eigenvalue weighted by Gasteiger charge is 2.22. The van der Waals surface area contributed by atoms with Crippen molar-refractivity contribution in [1.82, 2.24) is 4.90 Å². The molecule has 0 spiro atoms. The number of nitrogens with one attached hydrogen (secondary N) is 1. The van der Waals surface area contributed by atoms with Crippen LogP contribution in [0.4, 0.5) is 5.69 Å². The van der Waals surface area contributed by atoms with E-state index in [9.17, 15) is 9.59 Å². The highest BCUT2D eigenvalue weighted by Crippen LogP contribution is 2.17. The van der Waals surface area contributed by atoms with Gasteiger partial charge in [0.25, 0.3) is 0 Å². The zero-order valence-corrected chi connectivity index (χ0v) is 14.7. The predicted octanol–water partition coefficient (Wildman–Crippen LogP) is 0.339. The van der Waals surface area contributed by atoms with Crippen LogP contribution in [-0.2, 0) is 20.7 Å². The number of piperidine rings is 1. The Morgan fingerprint density at radius 2 is 1.92 bits per heavy atom. The predicted molar refractivity (Wildman–Crippen MR) is 97.0 cm³/mol. The SMILES string of the molecule is COCC(N)C(=O)Nc1ccc(CCN2CCC(C(N)=O)CC2)cc1. The molecule has 1 fully saturated rings. The van der Waals surface area contributed by atoms with E-state index in [1.807, 2.05) is 24.3 Å². The van der Waals surface area contributed by atoms with Gasteiger partial charge in [0.2, 0.25) is 11.8 Å². The molecule has 0 radical (unpaired) electrons. The number of nitrogens with two attached hydrogens (primary N) is 2. The minimum atomic E-state index is -0.673. The van der Waals surface area contributed by atoms with Gasteiger partial charge in [0.05, 0.1) is 6.61 Å². The Balaban J connectivity index is 1.75. The molecule has 5 N–H and O–H groups in total. The molecule has 2 amide bonds. The third-order valence-corrected chi connectivity index (χ3v) is 4.61. The number of hydrogen-bond donors (Lipinski definition) is 3. The van der Waals surface area contributed by atoms with Crippen molar-refractivity contribution in [2.75, 3.05) is 38.7 Å². The van der Waals surface area contributed by atoms with E-state index in [4.69, 9.17) is 16.2 Å². The van der Waals surface area contributed by atoms with Crippen LogP contribution in [0.5, 0.6) is 0 Å². The molecule has 0 bridgehead atoms. The first-order valence-corrected chi connectivity index (χ1v) is 8.65. The zero-order chi connectivity index (χ0) is 18.2. The number of ether oxygens (including phenoxy) is 1. The smallest absolute Gasteiger partial charge is 0.243 e. The van der Waals surface area contributed by atoms with Gasteiger partial charge < -0.3 is 26.4 Å². The monoisotopic (exact) mass is 348 g/mol. The van der Waals surface area contributed by atoms with Crippen molar-refractivity contribution in [2.24, 2.45) is 17.4 Å².